The smallest absolute Gasteiger partial charge is 0.272 e. The van der Waals surface area contributed by atoms with Gasteiger partial charge in [0.2, 0.25) is 0 Å². The normalized spacial score (nSPS) is 12.0. The van der Waals surface area contributed by atoms with Crippen LogP contribution in [0.2, 0.25) is 0 Å². The average molecular weight is 263 g/mol. The van der Waals surface area contributed by atoms with Crippen molar-refractivity contribution in [2.24, 2.45) is 5.92 Å². The lowest BCUT2D eigenvalue weighted by Crippen LogP contribution is -2.35. The van der Waals surface area contributed by atoms with Crippen LogP contribution in [0.3, 0.4) is 0 Å². The summed E-state index contributed by atoms with van der Waals surface area (Å²) in [6.45, 7) is 10.7. The van der Waals surface area contributed by atoms with Crippen LogP contribution in [0.15, 0.2) is 18.3 Å². The van der Waals surface area contributed by atoms with Gasteiger partial charge in [-0.05, 0) is 31.9 Å². The highest BCUT2D eigenvalue weighted by atomic mass is 16.2. The van der Waals surface area contributed by atoms with Gasteiger partial charge in [-0.25, -0.2) is 0 Å². The van der Waals surface area contributed by atoms with Crippen LogP contribution in [0, 0.1) is 5.92 Å². The summed E-state index contributed by atoms with van der Waals surface area (Å²) in [5.41, 5.74) is 1.46. The van der Waals surface area contributed by atoms with Crippen LogP contribution < -0.4 is 5.32 Å². The Hall–Kier alpha value is -1.58. The Kier molecular flexibility index (Phi) is 6.33. The predicted molar refractivity (Wildman–Crippen MR) is 79.4 cm³/mol. The lowest BCUT2D eigenvalue weighted by molar-refractivity contribution is 0.0735. The van der Waals surface area contributed by atoms with Crippen molar-refractivity contribution in [3.05, 3.63) is 24.0 Å². The van der Waals surface area contributed by atoms with Gasteiger partial charge < -0.3 is 10.2 Å². The molecule has 4 heteroatoms. The molecule has 0 spiro atoms. The molecule has 1 heterocycles. The number of anilines is 1. The first kappa shape index (κ1) is 15.5. The molecule has 0 saturated carbocycles. The van der Waals surface area contributed by atoms with E-state index in [1.165, 1.54) is 0 Å². The number of nitrogens with one attached hydrogen (secondary N) is 1. The zero-order chi connectivity index (χ0) is 14.3. The number of nitrogens with zero attached hydrogens (tertiary/aromatic N) is 2. The second kappa shape index (κ2) is 7.77. The fourth-order valence-electron chi connectivity index (χ4n) is 1.88. The molecule has 0 fully saturated rings. The van der Waals surface area contributed by atoms with Gasteiger partial charge in [0.15, 0.2) is 0 Å². The number of hydrogen-bond acceptors (Lipinski definition) is 3. The third-order valence-corrected chi connectivity index (χ3v) is 3.26. The van der Waals surface area contributed by atoms with Crippen molar-refractivity contribution in [1.29, 1.82) is 0 Å². The summed E-state index contributed by atoms with van der Waals surface area (Å²) in [6.07, 6.45) is 2.76. The molecule has 106 valence electrons. The molecule has 0 aliphatic carbocycles. The highest BCUT2D eigenvalue weighted by molar-refractivity contribution is 5.93. The molecule has 1 rings (SSSR count). The molecule has 1 atom stereocenters. The maximum atomic E-state index is 12.4. The number of carbonyl (C=O) groups excluding carboxylic acids is 1. The van der Waals surface area contributed by atoms with Crippen molar-refractivity contribution in [2.75, 3.05) is 25.0 Å². The Bertz CT molecular complexity index is 406. The number of carbonyl (C=O) groups is 1. The standard InChI is InChI=1S/C15H25N3O/c1-5-12(4)11-18(7-3)15(19)14-10-13(16-6-2)8-9-17-14/h8-10,12H,5-7,11H2,1-4H3,(H,16,17). The molecule has 19 heavy (non-hydrogen) atoms. The summed E-state index contributed by atoms with van der Waals surface area (Å²) in [5, 5.41) is 3.20. The van der Waals surface area contributed by atoms with Gasteiger partial charge in [0.05, 0.1) is 0 Å². The summed E-state index contributed by atoms with van der Waals surface area (Å²) >= 11 is 0. The van der Waals surface area contributed by atoms with Gasteiger partial charge in [-0.1, -0.05) is 20.3 Å². The van der Waals surface area contributed by atoms with Gasteiger partial charge in [-0.15, -0.1) is 0 Å². The first-order valence-corrected chi connectivity index (χ1v) is 7.11. The lowest BCUT2D eigenvalue weighted by Gasteiger charge is -2.23. The van der Waals surface area contributed by atoms with E-state index in [-0.39, 0.29) is 5.91 Å². The van der Waals surface area contributed by atoms with Gasteiger partial charge in [-0.3, -0.25) is 9.78 Å². The summed E-state index contributed by atoms with van der Waals surface area (Å²) in [4.78, 5) is 18.5. The Labute approximate surface area is 116 Å². The largest absolute Gasteiger partial charge is 0.385 e. The second-order valence-electron chi connectivity index (χ2n) is 4.82. The Morgan fingerprint density at radius 1 is 1.42 bits per heavy atom. The molecule has 0 saturated heterocycles. The van der Waals surface area contributed by atoms with Crippen LogP contribution in [0.5, 0.6) is 0 Å². The molecule has 0 aromatic carbocycles. The van der Waals surface area contributed by atoms with Crippen LogP contribution >= 0.6 is 0 Å². The first-order valence-electron chi connectivity index (χ1n) is 7.11. The summed E-state index contributed by atoms with van der Waals surface area (Å²) < 4.78 is 0. The minimum absolute atomic E-state index is 0.0163. The van der Waals surface area contributed by atoms with Crippen LogP contribution in [0.25, 0.3) is 0 Å². The van der Waals surface area contributed by atoms with E-state index in [0.29, 0.717) is 11.6 Å². The maximum absolute atomic E-state index is 12.4. The van der Waals surface area contributed by atoms with E-state index < -0.39 is 0 Å². The first-order chi connectivity index (χ1) is 9.12. The van der Waals surface area contributed by atoms with Gasteiger partial charge in [0.1, 0.15) is 5.69 Å². The number of rotatable bonds is 7. The van der Waals surface area contributed by atoms with Crippen LogP contribution in [-0.2, 0) is 0 Å². The highest BCUT2D eigenvalue weighted by Gasteiger charge is 2.17. The Morgan fingerprint density at radius 2 is 2.16 bits per heavy atom. The zero-order valence-corrected chi connectivity index (χ0v) is 12.4. The van der Waals surface area contributed by atoms with E-state index in [1.807, 2.05) is 30.9 Å². The lowest BCUT2D eigenvalue weighted by atomic mass is 10.1. The number of hydrogen-bond donors (Lipinski definition) is 1. The number of pyridine rings is 1. The Balaban J connectivity index is 2.81. The van der Waals surface area contributed by atoms with E-state index in [2.05, 4.69) is 24.1 Å². The van der Waals surface area contributed by atoms with E-state index in [1.54, 1.807) is 6.20 Å². The molecule has 1 aromatic heterocycles. The van der Waals surface area contributed by atoms with Crippen LogP contribution in [-0.4, -0.2) is 35.4 Å². The molecule has 0 bridgehead atoms. The molecule has 1 amide bonds. The van der Waals surface area contributed by atoms with Crippen molar-refractivity contribution >= 4 is 11.6 Å². The third-order valence-electron chi connectivity index (χ3n) is 3.26. The van der Waals surface area contributed by atoms with Crippen molar-refractivity contribution < 1.29 is 4.79 Å². The van der Waals surface area contributed by atoms with E-state index in [9.17, 15) is 4.79 Å². The van der Waals surface area contributed by atoms with E-state index in [4.69, 9.17) is 0 Å². The SMILES string of the molecule is CCNc1ccnc(C(=O)N(CC)CC(C)CC)c1. The van der Waals surface area contributed by atoms with Crippen molar-refractivity contribution in [3.8, 4) is 0 Å². The highest BCUT2D eigenvalue weighted by Crippen LogP contribution is 2.12. The molecule has 1 aromatic rings. The van der Waals surface area contributed by atoms with Crippen molar-refractivity contribution in [3.63, 3.8) is 0 Å². The summed E-state index contributed by atoms with van der Waals surface area (Å²) in [7, 11) is 0. The van der Waals surface area contributed by atoms with Gasteiger partial charge >= 0.3 is 0 Å². The van der Waals surface area contributed by atoms with Gasteiger partial charge in [0.25, 0.3) is 5.91 Å². The molecular formula is C15H25N3O. The third kappa shape index (κ3) is 4.54. The summed E-state index contributed by atoms with van der Waals surface area (Å²) in [5.74, 6) is 0.531. The molecule has 4 nitrogen and oxygen atoms in total. The number of amides is 1. The summed E-state index contributed by atoms with van der Waals surface area (Å²) in [6, 6.07) is 3.70. The predicted octanol–water partition coefficient (Wildman–Crippen LogP) is 3.02. The zero-order valence-electron chi connectivity index (χ0n) is 12.4. The van der Waals surface area contributed by atoms with Crippen LogP contribution in [0.1, 0.15) is 44.6 Å². The molecule has 0 aliphatic heterocycles. The molecule has 1 unspecified atom stereocenters. The van der Waals surface area contributed by atoms with Crippen LogP contribution in [0.4, 0.5) is 5.69 Å². The van der Waals surface area contributed by atoms with E-state index in [0.717, 1.165) is 31.7 Å². The number of aromatic nitrogens is 1. The second-order valence-corrected chi connectivity index (χ2v) is 4.82. The Morgan fingerprint density at radius 3 is 2.74 bits per heavy atom. The van der Waals surface area contributed by atoms with E-state index >= 15 is 0 Å². The minimum Gasteiger partial charge on any atom is -0.385 e. The molecule has 1 N–H and O–H groups in total. The topological polar surface area (TPSA) is 45.2 Å². The molecule has 0 aliphatic rings. The quantitative estimate of drug-likeness (QED) is 0.822. The molecule has 0 radical (unpaired) electrons. The fraction of sp³-hybridized carbons (Fsp3) is 0.600. The minimum atomic E-state index is 0.0163. The van der Waals surface area contributed by atoms with Crippen molar-refractivity contribution in [1.82, 2.24) is 9.88 Å². The maximum Gasteiger partial charge on any atom is 0.272 e. The molecular weight excluding hydrogens is 238 g/mol. The average Bonchev–Trinajstić information content (AvgIpc) is 2.44. The van der Waals surface area contributed by atoms with Crippen molar-refractivity contribution in [2.45, 2.75) is 34.1 Å². The monoisotopic (exact) mass is 263 g/mol. The fourth-order valence-corrected chi connectivity index (χ4v) is 1.88. The van der Waals surface area contributed by atoms with Gasteiger partial charge in [-0.2, -0.15) is 0 Å². The van der Waals surface area contributed by atoms with Gasteiger partial charge in [0, 0.05) is 31.5 Å².